The fourth-order valence-corrected chi connectivity index (χ4v) is 2.64. The van der Waals surface area contributed by atoms with E-state index in [1.807, 2.05) is 0 Å². The first kappa shape index (κ1) is 21.5. The molecule has 0 fully saturated rings. The highest BCUT2D eigenvalue weighted by atomic mass is 127. The number of unbranched alkanes of at least 4 members (excludes halogenated alkanes) is 1. The van der Waals surface area contributed by atoms with Crippen LogP contribution in [0, 0.1) is 0 Å². The van der Waals surface area contributed by atoms with Crippen LogP contribution in [0.25, 0.3) is 0 Å². The highest BCUT2D eigenvalue weighted by molar-refractivity contribution is 14.0. The maximum absolute atomic E-state index is 11.0. The van der Waals surface area contributed by atoms with Crippen LogP contribution in [0.5, 0.6) is 5.75 Å². The summed E-state index contributed by atoms with van der Waals surface area (Å²) in [6, 6.07) is 6.41. The van der Waals surface area contributed by atoms with E-state index >= 15 is 0 Å². The fraction of sp³-hybridized carbons (Fsp3) is 0.556. The molecular formula is C18H28IN3O3. The lowest BCUT2D eigenvalue weighted by molar-refractivity contribution is -0.140. The van der Waals surface area contributed by atoms with Crippen LogP contribution in [-0.2, 0) is 22.4 Å². The molecule has 0 amide bonds. The van der Waals surface area contributed by atoms with Gasteiger partial charge in [-0.25, -0.2) is 0 Å². The zero-order valence-electron chi connectivity index (χ0n) is 15.0. The Kier molecular flexibility index (Phi) is 10.3. The zero-order chi connectivity index (χ0) is 17.2. The molecular weight excluding hydrogens is 433 g/mol. The van der Waals surface area contributed by atoms with Gasteiger partial charge in [-0.1, -0.05) is 12.1 Å². The Morgan fingerprint density at radius 1 is 1.28 bits per heavy atom. The van der Waals surface area contributed by atoms with E-state index in [0.29, 0.717) is 6.42 Å². The van der Waals surface area contributed by atoms with Crippen molar-refractivity contribution in [2.24, 2.45) is 4.99 Å². The minimum Gasteiger partial charge on any atom is -0.493 e. The van der Waals surface area contributed by atoms with E-state index in [2.05, 4.69) is 38.6 Å². The molecule has 1 aliphatic rings. The molecule has 2 N–H and O–H groups in total. The minimum atomic E-state index is -0.155. The first-order chi connectivity index (χ1) is 11.7. The molecule has 0 aliphatic carbocycles. The van der Waals surface area contributed by atoms with E-state index in [9.17, 15) is 4.79 Å². The number of benzene rings is 1. The second-order valence-electron chi connectivity index (χ2n) is 5.75. The molecule has 0 unspecified atom stereocenters. The molecule has 2 rings (SSSR count). The van der Waals surface area contributed by atoms with Crippen LogP contribution in [-0.4, -0.2) is 45.8 Å². The monoisotopic (exact) mass is 461 g/mol. The number of rotatable bonds is 8. The zero-order valence-corrected chi connectivity index (χ0v) is 17.3. The Balaban J connectivity index is 0.00000312. The number of guanidine groups is 1. The van der Waals surface area contributed by atoms with Crippen LogP contribution in [0.15, 0.2) is 23.2 Å². The summed E-state index contributed by atoms with van der Waals surface area (Å²) in [5.41, 5.74) is 2.61. The highest BCUT2D eigenvalue weighted by Gasteiger charge is 2.11. The van der Waals surface area contributed by atoms with Gasteiger partial charge < -0.3 is 20.1 Å². The lowest BCUT2D eigenvalue weighted by atomic mass is 10.1. The number of carbonyl (C=O) groups is 1. The van der Waals surface area contributed by atoms with Crippen molar-refractivity contribution in [1.29, 1.82) is 0 Å². The summed E-state index contributed by atoms with van der Waals surface area (Å²) >= 11 is 0. The third kappa shape index (κ3) is 7.50. The van der Waals surface area contributed by atoms with Crippen LogP contribution in [0.3, 0.4) is 0 Å². The van der Waals surface area contributed by atoms with Crippen molar-refractivity contribution >= 4 is 35.9 Å². The maximum Gasteiger partial charge on any atom is 0.305 e. The Hall–Kier alpha value is -1.51. The Morgan fingerprint density at radius 3 is 2.84 bits per heavy atom. The molecule has 25 heavy (non-hydrogen) atoms. The highest BCUT2D eigenvalue weighted by Crippen LogP contribution is 2.25. The van der Waals surface area contributed by atoms with E-state index in [4.69, 9.17) is 4.74 Å². The topological polar surface area (TPSA) is 72.0 Å². The molecule has 0 spiro atoms. The third-order valence-corrected chi connectivity index (χ3v) is 4.01. The first-order valence-corrected chi connectivity index (χ1v) is 8.49. The standard InChI is InChI=1S/C18H27N3O3.HI/c1-19-18(20-10-4-3-5-17(22)23-2)21-11-8-14-6-7-16-15(13-14)9-12-24-16;/h6-7,13H,3-5,8-12H2,1-2H3,(H2,19,20,21);1H. The number of methoxy groups -OCH3 is 1. The summed E-state index contributed by atoms with van der Waals surface area (Å²) in [5.74, 6) is 1.66. The average molecular weight is 461 g/mol. The molecule has 0 bridgehead atoms. The Labute approximate surface area is 166 Å². The minimum absolute atomic E-state index is 0. The number of halogens is 1. The van der Waals surface area contributed by atoms with Gasteiger partial charge in [-0.3, -0.25) is 9.79 Å². The average Bonchev–Trinajstić information content (AvgIpc) is 3.07. The quantitative estimate of drug-likeness (QED) is 0.204. The molecule has 0 saturated carbocycles. The van der Waals surface area contributed by atoms with Gasteiger partial charge in [0.1, 0.15) is 5.75 Å². The van der Waals surface area contributed by atoms with Crippen molar-refractivity contribution in [3.8, 4) is 5.75 Å². The van der Waals surface area contributed by atoms with Crippen molar-refractivity contribution in [2.75, 3.05) is 33.9 Å². The van der Waals surface area contributed by atoms with Crippen LogP contribution in [0.1, 0.15) is 30.4 Å². The van der Waals surface area contributed by atoms with Gasteiger partial charge in [0.2, 0.25) is 0 Å². The second-order valence-corrected chi connectivity index (χ2v) is 5.75. The predicted octanol–water partition coefficient (Wildman–Crippen LogP) is 2.29. The molecule has 1 heterocycles. The number of esters is 1. The molecule has 0 saturated heterocycles. The van der Waals surface area contributed by atoms with Gasteiger partial charge in [-0.05, 0) is 36.5 Å². The van der Waals surface area contributed by atoms with E-state index in [1.165, 1.54) is 18.2 Å². The summed E-state index contributed by atoms with van der Waals surface area (Å²) in [6.07, 6.45) is 4.13. The summed E-state index contributed by atoms with van der Waals surface area (Å²) in [7, 11) is 3.18. The number of fused-ring (bicyclic) bond motifs is 1. The second kappa shape index (κ2) is 11.9. The van der Waals surface area contributed by atoms with E-state index in [0.717, 1.165) is 57.1 Å². The van der Waals surface area contributed by atoms with Crippen molar-refractivity contribution in [2.45, 2.75) is 32.1 Å². The lowest BCUT2D eigenvalue weighted by Gasteiger charge is -2.12. The van der Waals surface area contributed by atoms with Gasteiger partial charge in [0.15, 0.2) is 5.96 Å². The van der Waals surface area contributed by atoms with Gasteiger partial charge >= 0.3 is 5.97 Å². The summed E-state index contributed by atoms with van der Waals surface area (Å²) in [6.45, 7) is 2.40. The Bertz CT molecular complexity index is 579. The van der Waals surface area contributed by atoms with Gasteiger partial charge in [-0.2, -0.15) is 0 Å². The summed E-state index contributed by atoms with van der Waals surface area (Å²) in [5, 5.41) is 6.57. The molecule has 1 aliphatic heterocycles. The van der Waals surface area contributed by atoms with Crippen LogP contribution in [0.2, 0.25) is 0 Å². The first-order valence-electron chi connectivity index (χ1n) is 8.49. The maximum atomic E-state index is 11.0. The summed E-state index contributed by atoms with van der Waals surface area (Å²) in [4.78, 5) is 15.2. The number of aliphatic imine (C=N–C) groups is 1. The molecule has 0 atom stereocenters. The molecule has 1 aromatic carbocycles. The third-order valence-electron chi connectivity index (χ3n) is 4.01. The van der Waals surface area contributed by atoms with Gasteiger partial charge in [0.25, 0.3) is 0 Å². The SMILES string of the molecule is CN=C(NCCCCC(=O)OC)NCCc1ccc2c(c1)CCO2.I. The smallest absolute Gasteiger partial charge is 0.305 e. The Morgan fingerprint density at radius 2 is 2.08 bits per heavy atom. The number of hydrogen-bond acceptors (Lipinski definition) is 4. The number of ether oxygens (including phenoxy) is 2. The van der Waals surface area contributed by atoms with Crippen molar-refractivity contribution in [3.63, 3.8) is 0 Å². The predicted molar refractivity (Wildman–Crippen MR) is 110 cm³/mol. The number of carbonyl (C=O) groups excluding carboxylic acids is 1. The number of nitrogens with one attached hydrogen (secondary N) is 2. The van der Waals surface area contributed by atoms with Crippen molar-refractivity contribution < 1.29 is 14.3 Å². The number of hydrogen-bond donors (Lipinski definition) is 2. The lowest BCUT2D eigenvalue weighted by Crippen LogP contribution is -2.38. The largest absolute Gasteiger partial charge is 0.493 e. The van der Waals surface area contributed by atoms with Gasteiger partial charge in [0.05, 0.1) is 13.7 Å². The van der Waals surface area contributed by atoms with Crippen molar-refractivity contribution in [3.05, 3.63) is 29.3 Å². The molecule has 7 heteroatoms. The van der Waals surface area contributed by atoms with Gasteiger partial charge in [-0.15, -0.1) is 24.0 Å². The normalized spacial score (nSPS) is 12.6. The van der Waals surface area contributed by atoms with Crippen LogP contribution >= 0.6 is 24.0 Å². The fourth-order valence-electron chi connectivity index (χ4n) is 2.64. The molecule has 1 aromatic rings. The summed E-state index contributed by atoms with van der Waals surface area (Å²) < 4.78 is 10.1. The van der Waals surface area contributed by atoms with E-state index in [1.54, 1.807) is 7.05 Å². The van der Waals surface area contributed by atoms with Crippen molar-refractivity contribution in [1.82, 2.24) is 10.6 Å². The molecule has 140 valence electrons. The van der Waals surface area contributed by atoms with Gasteiger partial charge in [0, 0.05) is 33.0 Å². The van der Waals surface area contributed by atoms with E-state index < -0.39 is 0 Å². The van der Waals surface area contributed by atoms with Crippen LogP contribution < -0.4 is 15.4 Å². The molecule has 0 aromatic heterocycles. The van der Waals surface area contributed by atoms with E-state index in [-0.39, 0.29) is 29.9 Å². The van der Waals surface area contributed by atoms with Crippen LogP contribution in [0.4, 0.5) is 0 Å². The molecule has 6 nitrogen and oxygen atoms in total. The number of nitrogens with zero attached hydrogens (tertiary/aromatic N) is 1. The molecule has 0 radical (unpaired) electrons.